The van der Waals surface area contributed by atoms with Crippen molar-refractivity contribution in [2.75, 3.05) is 18.5 Å². The number of amides is 3. The van der Waals surface area contributed by atoms with Gasteiger partial charge in [0, 0.05) is 6.54 Å². The molecule has 1 fully saturated rings. The van der Waals surface area contributed by atoms with E-state index >= 15 is 0 Å². The second kappa shape index (κ2) is 8.48. The van der Waals surface area contributed by atoms with Crippen molar-refractivity contribution >= 4 is 29.4 Å². The Morgan fingerprint density at radius 3 is 2.43 bits per heavy atom. The van der Waals surface area contributed by atoms with E-state index in [1.807, 2.05) is 18.2 Å². The maximum absolute atomic E-state index is 12.3. The molecular formula is C20H19N3O5. The van der Waals surface area contributed by atoms with Gasteiger partial charge < -0.3 is 10.1 Å². The highest BCUT2D eigenvalue weighted by molar-refractivity contribution is 6.05. The molecule has 144 valence electrons. The number of ether oxygens (including phenoxy) is 1. The molecule has 0 saturated carbocycles. The van der Waals surface area contributed by atoms with E-state index < -0.39 is 18.5 Å². The third kappa shape index (κ3) is 4.09. The molecule has 0 radical (unpaired) electrons. The zero-order valence-corrected chi connectivity index (χ0v) is 15.1. The number of allylic oxidation sites excluding steroid dienone is 2. The fourth-order valence-electron chi connectivity index (χ4n) is 3.39. The second-order valence-corrected chi connectivity index (χ2v) is 6.60. The van der Waals surface area contributed by atoms with Crippen LogP contribution in [0.25, 0.3) is 0 Å². The van der Waals surface area contributed by atoms with Gasteiger partial charge in [-0.2, -0.15) is 5.26 Å². The molecule has 1 aromatic carbocycles. The van der Waals surface area contributed by atoms with Crippen LogP contribution in [0.5, 0.6) is 0 Å². The number of esters is 1. The Hall–Kier alpha value is -3.47. The first kappa shape index (κ1) is 19.3. The van der Waals surface area contributed by atoms with E-state index in [1.54, 1.807) is 24.3 Å². The van der Waals surface area contributed by atoms with Gasteiger partial charge in [-0.25, -0.2) is 0 Å². The van der Waals surface area contributed by atoms with E-state index in [2.05, 4.69) is 5.32 Å². The third-order valence-corrected chi connectivity index (χ3v) is 4.82. The monoisotopic (exact) mass is 381 g/mol. The minimum atomic E-state index is -0.683. The van der Waals surface area contributed by atoms with Crippen LogP contribution < -0.4 is 5.32 Å². The molecule has 0 spiro atoms. The number of carbonyl (C=O) groups is 4. The lowest BCUT2D eigenvalue weighted by atomic mass is 9.85. The summed E-state index contributed by atoms with van der Waals surface area (Å²) in [7, 11) is 0. The summed E-state index contributed by atoms with van der Waals surface area (Å²) < 4.78 is 4.90. The Labute approximate surface area is 161 Å². The summed E-state index contributed by atoms with van der Waals surface area (Å²) in [4.78, 5) is 49.5. The van der Waals surface area contributed by atoms with Gasteiger partial charge in [0.05, 0.1) is 29.5 Å². The van der Waals surface area contributed by atoms with Crippen molar-refractivity contribution in [3.63, 3.8) is 0 Å². The van der Waals surface area contributed by atoms with Gasteiger partial charge in [0.15, 0.2) is 6.61 Å². The van der Waals surface area contributed by atoms with Crippen molar-refractivity contribution in [3.05, 3.63) is 42.0 Å². The molecule has 1 N–H and O–H groups in total. The largest absolute Gasteiger partial charge is 0.456 e. The first-order chi connectivity index (χ1) is 13.5. The molecule has 1 saturated heterocycles. The SMILES string of the molecule is N#Cc1ccccc1NC(=O)COC(=O)CCN1C(=O)[C@@H]2CC=CC[C@H]2C1=O. The number of nitrogens with zero attached hydrogens (tertiary/aromatic N) is 2. The number of benzene rings is 1. The van der Waals surface area contributed by atoms with Gasteiger partial charge in [-0.3, -0.25) is 24.1 Å². The Kier molecular flexibility index (Phi) is 5.84. The standard InChI is InChI=1S/C20H19N3O5/c21-11-13-5-1-4-8-16(13)22-17(24)12-28-18(25)9-10-23-19(26)14-6-2-3-7-15(14)20(23)27/h1-5,8,14-15H,6-7,9-10,12H2,(H,22,24)/t14-,15-/m1/s1. The fourth-order valence-corrected chi connectivity index (χ4v) is 3.39. The van der Waals surface area contributed by atoms with Crippen LogP contribution in [-0.2, 0) is 23.9 Å². The van der Waals surface area contributed by atoms with Crippen LogP contribution in [0, 0.1) is 23.2 Å². The molecule has 1 aliphatic carbocycles. The summed E-state index contributed by atoms with van der Waals surface area (Å²) in [5.74, 6) is -2.44. The van der Waals surface area contributed by atoms with Crippen LogP contribution in [0.1, 0.15) is 24.8 Å². The number of anilines is 1. The molecule has 1 aliphatic heterocycles. The van der Waals surface area contributed by atoms with Crippen LogP contribution in [0.2, 0.25) is 0 Å². The Balaban J connectivity index is 1.45. The normalized spacial score (nSPS) is 20.5. The summed E-state index contributed by atoms with van der Waals surface area (Å²) in [5, 5.41) is 11.5. The Morgan fingerprint density at radius 2 is 1.79 bits per heavy atom. The average Bonchev–Trinajstić information content (AvgIpc) is 2.95. The van der Waals surface area contributed by atoms with E-state index in [0.717, 1.165) is 4.90 Å². The van der Waals surface area contributed by atoms with E-state index in [0.29, 0.717) is 24.1 Å². The van der Waals surface area contributed by atoms with Crippen molar-refractivity contribution in [2.24, 2.45) is 11.8 Å². The number of nitrogens with one attached hydrogen (secondary N) is 1. The first-order valence-electron chi connectivity index (χ1n) is 8.96. The summed E-state index contributed by atoms with van der Waals surface area (Å²) in [6, 6.07) is 8.41. The number of rotatable bonds is 6. The molecule has 8 nitrogen and oxygen atoms in total. The van der Waals surface area contributed by atoms with Gasteiger partial charge in [-0.15, -0.1) is 0 Å². The lowest BCUT2D eigenvalue weighted by Gasteiger charge is -2.14. The van der Waals surface area contributed by atoms with Crippen LogP contribution in [-0.4, -0.2) is 41.7 Å². The molecule has 28 heavy (non-hydrogen) atoms. The molecule has 2 aliphatic rings. The molecule has 0 unspecified atom stereocenters. The quantitative estimate of drug-likeness (QED) is 0.452. The second-order valence-electron chi connectivity index (χ2n) is 6.60. The van der Waals surface area contributed by atoms with E-state index in [9.17, 15) is 19.2 Å². The maximum atomic E-state index is 12.3. The number of para-hydroxylation sites is 1. The van der Waals surface area contributed by atoms with E-state index in [4.69, 9.17) is 10.00 Å². The molecular weight excluding hydrogens is 362 g/mol. The zero-order chi connectivity index (χ0) is 20.1. The summed E-state index contributed by atoms with van der Waals surface area (Å²) in [6.45, 7) is -0.571. The number of imide groups is 1. The number of nitriles is 1. The molecule has 2 atom stereocenters. The van der Waals surface area contributed by atoms with Crippen LogP contribution in [0.3, 0.4) is 0 Å². The predicted molar refractivity (Wildman–Crippen MR) is 97.4 cm³/mol. The minimum Gasteiger partial charge on any atom is -0.456 e. The molecule has 3 amide bonds. The van der Waals surface area contributed by atoms with Gasteiger partial charge in [0.2, 0.25) is 11.8 Å². The average molecular weight is 381 g/mol. The lowest BCUT2D eigenvalue weighted by Crippen LogP contribution is -2.33. The number of hydrogen-bond acceptors (Lipinski definition) is 6. The number of carbonyl (C=O) groups excluding carboxylic acids is 4. The summed E-state index contributed by atoms with van der Waals surface area (Å²) in [6.07, 6.45) is 4.70. The number of fused-ring (bicyclic) bond motifs is 1. The van der Waals surface area contributed by atoms with Gasteiger partial charge >= 0.3 is 5.97 Å². The highest BCUT2D eigenvalue weighted by Crippen LogP contribution is 2.34. The number of likely N-dealkylation sites (tertiary alicyclic amines) is 1. The molecule has 1 aromatic rings. The van der Waals surface area contributed by atoms with Crippen molar-refractivity contribution in [2.45, 2.75) is 19.3 Å². The van der Waals surface area contributed by atoms with E-state index in [1.165, 1.54) is 0 Å². The summed E-state index contributed by atoms with van der Waals surface area (Å²) in [5.41, 5.74) is 0.625. The van der Waals surface area contributed by atoms with E-state index in [-0.39, 0.29) is 36.6 Å². The zero-order valence-electron chi connectivity index (χ0n) is 15.1. The lowest BCUT2D eigenvalue weighted by molar-refractivity contribution is -0.148. The van der Waals surface area contributed by atoms with Crippen LogP contribution >= 0.6 is 0 Å². The van der Waals surface area contributed by atoms with Crippen molar-refractivity contribution in [1.29, 1.82) is 5.26 Å². The summed E-state index contributed by atoms with van der Waals surface area (Å²) >= 11 is 0. The highest BCUT2D eigenvalue weighted by Gasteiger charge is 2.46. The predicted octanol–water partition coefficient (Wildman–Crippen LogP) is 1.38. The Bertz CT molecular complexity index is 860. The van der Waals surface area contributed by atoms with Crippen LogP contribution in [0.15, 0.2) is 36.4 Å². The van der Waals surface area contributed by atoms with Crippen LogP contribution in [0.4, 0.5) is 5.69 Å². The van der Waals surface area contributed by atoms with Crippen molar-refractivity contribution < 1.29 is 23.9 Å². The molecule has 8 heteroatoms. The molecule has 0 bridgehead atoms. The highest BCUT2D eigenvalue weighted by atomic mass is 16.5. The number of hydrogen-bond donors (Lipinski definition) is 1. The fraction of sp³-hybridized carbons (Fsp3) is 0.350. The Morgan fingerprint density at radius 1 is 1.14 bits per heavy atom. The maximum Gasteiger partial charge on any atom is 0.308 e. The van der Waals surface area contributed by atoms with Gasteiger partial charge in [0.25, 0.3) is 5.91 Å². The van der Waals surface area contributed by atoms with Gasteiger partial charge in [-0.1, -0.05) is 24.3 Å². The minimum absolute atomic E-state index is 0.0532. The van der Waals surface area contributed by atoms with Crippen molar-refractivity contribution in [3.8, 4) is 6.07 Å². The molecule has 0 aromatic heterocycles. The molecule has 3 rings (SSSR count). The third-order valence-electron chi connectivity index (χ3n) is 4.82. The smallest absolute Gasteiger partial charge is 0.308 e. The molecule has 1 heterocycles. The first-order valence-corrected chi connectivity index (χ1v) is 8.96. The van der Waals surface area contributed by atoms with Crippen molar-refractivity contribution in [1.82, 2.24) is 4.90 Å². The van der Waals surface area contributed by atoms with Gasteiger partial charge in [0.1, 0.15) is 6.07 Å². The topological polar surface area (TPSA) is 117 Å². The van der Waals surface area contributed by atoms with Gasteiger partial charge in [-0.05, 0) is 25.0 Å².